The van der Waals surface area contributed by atoms with Gasteiger partial charge < -0.3 is 15.0 Å². The van der Waals surface area contributed by atoms with Crippen molar-refractivity contribution >= 4 is 5.91 Å². The highest BCUT2D eigenvalue weighted by atomic mass is 16.5. The lowest BCUT2D eigenvalue weighted by atomic mass is 10.0. The highest BCUT2D eigenvalue weighted by molar-refractivity contribution is 5.80. The zero-order valence-corrected chi connectivity index (χ0v) is 10.3. The second-order valence-corrected chi connectivity index (χ2v) is 4.78. The van der Waals surface area contributed by atoms with Crippen molar-refractivity contribution in [2.75, 3.05) is 32.8 Å². The van der Waals surface area contributed by atoms with E-state index in [0.717, 1.165) is 18.9 Å². The second kappa shape index (κ2) is 4.66. The van der Waals surface area contributed by atoms with E-state index in [2.05, 4.69) is 20.5 Å². The summed E-state index contributed by atoms with van der Waals surface area (Å²) in [6, 6.07) is 0. The van der Waals surface area contributed by atoms with E-state index >= 15 is 0 Å². The van der Waals surface area contributed by atoms with Gasteiger partial charge in [-0.1, -0.05) is 0 Å². The molecule has 0 aromatic carbocycles. The topological polar surface area (TPSA) is 83.1 Å². The van der Waals surface area contributed by atoms with Crippen LogP contribution in [0.25, 0.3) is 0 Å². The minimum absolute atomic E-state index is 0.137. The van der Waals surface area contributed by atoms with Crippen molar-refractivity contribution in [3.05, 3.63) is 11.6 Å². The Morgan fingerprint density at radius 2 is 2.33 bits per heavy atom. The first-order valence-corrected chi connectivity index (χ1v) is 6.24. The number of carbonyl (C=O) groups is 1. The predicted octanol–water partition coefficient (Wildman–Crippen LogP) is -0.768. The molecule has 1 amide bonds. The number of ether oxygens (including phenoxy) is 1. The van der Waals surface area contributed by atoms with Crippen LogP contribution in [0.5, 0.6) is 0 Å². The zero-order chi connectivity index (χ0) is 12.5. The third kappa shape index (κ3) is 2.11. The lowest BCUT2D eigenvalue weighted by Gasteiger charge is -2.36. The van der Waals surface area contributed by atoms with E-state index in [9.17, 15) is 4.79 Å². The molecule has 1 aromatic rings. The summed E-state index contributed by atoms with van der Waals surface area (Å²) in [5, 5.41) is 10.0. The largest absolute Gasteiger partial charge is 0.366 e. The Hall–Kier alpha value is -1.47. The maximum absolute atomic E-state index is 12.1. The number of aromatic amines is 1. The molecule has 0 saturated carbocycles. The fourth-order valence-electron chi connectivity index (χ4n) is 2.23. The highest BCUT2D eigenvalue weighted by Gasteiger charge is 2.33. The number of nitrogens with one attached hydrogen (secondary N) is 2. The van der Waals surface area contributed by atoms with Crippen molar-refractivity contribution in [3.8, 4) is 0 Å². The normalized spacial score (nSPS) is 24.9. The third-order valence-electron chi connectivity index (χ3n) is 3.41. The molecule has 3 rings (SSSR count). The third-order valence-corrected chi connectivity index (χ3v) is 3.41. The van der Waals surface area contributed by atoms with Gasteiger partial charge in [0.15, 0.2) is 5.82 Å². The molecule has 2 aliphatic rings. The molecular formula is C11H17N5O2. The van der Waals surface area contributed by atoms with Crippen molar-refractivity contribution in [2.24, 2.45) is 5.92 Å². The van der Waals surface area contributed by atoms with Crippen LogP contribution in [0, 0.1) is 12.8 Å². The molecule has 2 fully saturated rings. The van der Waals surface area contributed by atoms with Crippen molar-refractivity contribution < 1.29 is 9.53 Å². The molecule has 98 valence electrons. The van der Waals surface area contributed by atoms with E-state index in [4.69, 9.17) is 4.74 Å². The molecule has 1 aromatic heterocycles. The maximum Gasteiger partial charge on any atom is 0.228 e. The summed E-state index contributed by atoms with van der Waals surface area (Å²) >= 11 is 0. The summed E-state index contributed by atoms with van der Waals surface area (Å²) in [4.78, 5) is 18.3. The SMILES string of the molecule is Cc1nc(C2CN(C(=O)C3CNC3)CCO2)n[nH]1. The molecular weight excluding hydrogens is 234 g/mol. The van der Waals surface area contributed by atoms with Gasteiger partial charge in [-0.25, -0.2) is 4.98 Å². The van der Waals surface area contributed by atoms with Gasteiger partial charge in [0.1, 0.15) is 11.9 Å². The molecule has 0 bridgehead atoms. The summed E-state index contributed by atoms with van der Waals surface area (Å²) in [7, 11) is 0. The summed E-state index contributed by atoms with van der Waals surface area (Å²) in [5.41, 5.74) is 0. The quantitative estimate of drug-likeness (QED) is 0.721. The van der Waals surface area contributed by atoms with Gasteiger partial charge >= 0.3 is 0 Å². The fourth-order valence-corrected chi connectivity index (χ4v) is 2.23. The van der Waals surface area contributed by atoms with Crippen LogP contribution < -0.4 is 5.32 Å². The molecule has 1 atom stereocenters. The van der Waals surface area contributed by atoms with Crippen molar-refractivity contribution in [2.45, 2.75) is 13.0 Å². The van der Waals surface area contributed by atoms with Crippen molar-refractivity contribution in [1.82, 2.24) is 25.4 Å². The van der Waals surface area contributed by atoms with Crippen LogP contribution in [0.2, 0.25) is 0 Å². The van der Waals surface area contributed by atoms with E-state index in [1.165, 1.54) is 0 Å². The number of nitrogens with zero attached hydrogens (tertiary/aromatic N) is 3. The Morgan fingerprint density at radius 1 is 1.50 bits per heavy atom. The number of hydrogen-bond acceptors (Lipinski definition) is 5. The summed E-state index contributed by atoms with van der Waals surface area (Å²) < 4.78 is 5.63. The molecule has 2 saturated heterocycles. The summed E-state index contributed by atoms with van der Waals surface area (Å²) in [5.74, 6) is 1.75. The van der Waals surface area contributed by atoms with Crippen molar-refractivity contribution in [3.63, 3.8) is 0 Å². The Labute approximate surface area is 105 Å². The molecule has 0 radical (unpaired) electrons. The van der Waals surface area contributed by atoms with Gasteiger partial charge in [-0.2, -0.15) is 5.10 Å². The number of hydrogen-bond donors (Lipinski definition) is 2. The molecule has 3 heterocycles. The molecule has 2 N–H and O–H groups in total. The summed E-state index contributed by atoms with van der Waals surface area (Å²) in [6.45, 7) is 5.19. The molecule has 0 spiro atoms. The van der Waals surface area contributed by atoms with Gasteiger partial charge in [-0.3, -0.25) is 9.89 Å². The molecule has 18 heavy (non-hydrogen) atoms. The van der Waals surface area contributed by atoms with Crippen LogP contribution in [-0.2, 0) is 9.53 Å². The minimum atomic E-state index is -0.208. The van der Waals surface area contributed by atoms with E-state index in [-0.39, 0.29) is 17.9 Å². The van der Waals surface area contributed by atoms with Crippen LogP contribution in [-0.4, -0.2) is 58.8 Å². The van der Waals surface area contributed by atoms with Gasteiger partial charge in [0.05, 0.1) is 19.1 Å². The lowest BCUT2D eigenvalue weighted by Crippen LogP contribution is -2.54. The smallest absolute Gasteiger partial charge is 0.228 e. The molecule has 2 aliphatic heterocycles. The number of H-pyrrole nitrogens is 1. The van der Waals surface area contributed by atoms with Crippen molar-refractivity contribution in [1.29, 1.82) is 0 Å². The fraction of sp³-hybridized carbons (Fsp3) is 0.727. The predicted molar refractivity (Wildman–Crippen MR) is 62.8 cm³/mol. The first-order valence-electron chi connectivity index (χ1n) is 6.24. The minimum Gasteiger partial charge on any atom is -0.366 e. The van der Waals surface area contributed by atoms with Crippen LogP contribution in [0.15, 0.2) is 0 Å². The highest BCUT2D eigenvalue weighted by Crippen LogP contribution is 2.21. The summed E-state index contributed by atoms with van der Waals surface area (Å²) in [6.07, 6.45) is -0.208. The van der Waals surface area contributed by atoms with E-state index in [1.807, 2.05) is 11.8 Å². The Kier molecular flexibility index (Phi) is 3.00. The number of aromatic nitrogens is 3. The van der Waals surface area contributed by atoms with Gasteiger partial charge in [-0.15, -0.1) is 0 Å². The maximum atomic E-state index is 12.1. The second-order valence-electron chi connectivity index (χ2n) is 4.78. The van der Waals surface area contributed by atoms with Gasteiger partial charge in [0, 0.05) is 19.6 Å². The lowest BCUT2D eigenvalue weighted by molar-refractivity contribution is -0.145. The Balaban J connectivity index is 1.66. The van der Waals surface area contributed by atoms with Gasteiger partial charge in [-0.05, 0) is 6.92 Å². The van der Waals surface area contributed by atoms with E-state index in [0.29, 0.717) is 25.5 Å². The average molecular weight is 251 g/mol. The Bertz CT molecular complexity index is 442. The van der Waals surface area contributed by atoms with Gasteiger partial charge in [0.25, 0.3) is 0 Å². The standard InChI is InChI=1S/C11H17N5O2/c1-7-13-10(15-14-7)9-6-16(2-3-18-9)11(17)8-4-12-5-8/h8-9,12H,2-6H2,1H3,(H,13,14,15). The molecule has 0 aliphatic carbocycles. The van der Waals surface area contributed by atoms with Crippen LogP contribution >= 0.6 is 0 Å². The monoisotopic (exact) mass is 251 g/mol. The van der Waals surface area contributed by atoms with Crippen LogP contribution in [0.3, 0.4) is 0 Å². The average Bonchev–Trinajstić information content (AvgIpc) is 2.74. The first kappa shape index (κ1) is 11.6. The van der Waals surface area contributed by atoms with Crippen LogP contribution in [0.1, 0.15) is 17.8 Å². The number of rotatable bonds is 2. The zero-order valence-electron chi connectivity index (χ0n) is 10.3. The Morgan fingerprint density at radius 3 is 2.94 bits per heavy atom. The van der Waals surface area contributed by atoms with E-state index < -0.39 is 0 Å². The van der Waals surface area contributed by atoms with Gasteiger partial charge in [0.2, 0.25) is 5.91 Å². The number of carbonyl (C=O) groups excluding carboxylic acids is 1. The van der Waals surface area contributed by atoms with E-state index in [1.54, 1.807) is 0 Å². The molecule has 7 heteroatoms. The van der Waals surface area contributed by atoms with Crippen LogP contribution in [0.4, 0.5) is 0 Å². The molecule has 7 nitrogen and oxygen atoms in total. The molecule has 1 unspecified atom stereocenters. The number of amides is 1. The number of aryl methyl sites for hydroxylation is 1. The first-order chi connectivity index (χ1) is 8.74. The number of morpholine rings is 1.